The van der Waals surface area contributed by atoms with Crippen LogP contribution in [0.15, 0.2) is 24.4 Å². The Morgan fingerprint density at radius 2 is 2.08 bits per heavy atom. The van der Waals surface area contributed by atoms with Gasteiger partial charge in [0.25, 0.3) is 0 Å². The minimum Gasteiger partial charge on any atom is -0.335 e. The molecule has 1 aliphatic heterocycles. The summed E-state index contributed by atoms with van der Waals surface area (Å²) in [6, 6.07) is 6.53. The molecule has 0 aromatic carbocycles. The molecule has 1 N–H and O–H groups in total. The zero-order chi connectivity index (χ0) is 16.8. The molecule has 3 rings (SSSR count). The number of piperidine rings is 1. The van der Waals surface area contributed by atoms with Crippen molar-refractivity contribution in [2.45, 2.75) is 51.6 Å². The summed E-state index contributed by atoms with van der Waals surface area (Å²) in [6.07, 6.45) is 7.52. The summed E-state index contributed by atoms with van der Waals surface area (Å²) < 4.78 is 0. The van der Waals surface area contributed by atoms with Crippen LogP contribution in [0.4, 0.5) is 4.79 Å². The van der Waals surface area contributed by atoms with Crippen molar-refractivity contribution in [3.63, 3.8) is 0 Å². The van der Waals surface area contributed by atoms with Crippen molar-refractivity contribution in [2.24, 2.45) is 5.92 Å². The Hall–Kier alpha value is -1.62. The van der Waals surface area contributed by atoms with Crippen LogP contribution in [0.25, 0.3) is 0 Å². The number of amides is 2. The molecular weight excluding hydrogens is 300 g/mol. The van der Waals surface area contributed by atoms with E-state index in [2.05, 4.69) is 28.2 Å². The van der Waals surface area contributed by atoms with Gasteiger partial charge in [-0.3, -0.25) is 9.88 Å². The van der Waals surface area contributed by atoms with Gasteiger partial charge in [0.2, 0.25) is 0 Å². The van der Waals surface area contributed by atoms with Crippen molar-refractivity contribution in [1.29, 1.82) is 0 Å². The van der Waals surface area contributed by atoms with Crippen LogP contribution in [0.1, 0.15) is 44.7 Å². The average Bonchev–Trinajstić information content (AvgIpc) is 3.41. The number of carbonyl (C=O) groups excluding carboxylic acids is 1. The number of hydrogen-bond acceptors (Lipinski definition) is 3. The molecule has 0 unspecified atom stereocenters. The number of likely N-dealkylation sites (tertiary alicyclic amines) is 1. The van der Waals surface area contributed by atoms with Crippen molar-refractivity contribution in [3.05, 3.63) is 30.1 Å². The van der Waals surface area contributed by atoms with E-state index in [1.807, 2.05) is 23.2 Å². The van der Waals surface area contributed by atoms with Crippen LogP contribution in [0.5, 0.6) is 0 Å². The van der Waals surface area contributed by atoms with E-state index < -0.39 is 0 Å². The summed E-state index contributed by atoms with van der Waals surface area (Å²) in [5, 5.41) is 3.27. The molecule has 1 aliphatic carbocycles. The average molecular weight is 330 g/mol. The first-order chi connectivity index (χ1) is 11.7. The second-order valence-corrected chi connectivity index (χ2v) is 7.21. The molecule has 2 heterocycles. The second kappa shape index (κ2) is 8.47. The third-order valence-electron chi connectivity index (χ3n) is 4.98. The molecule has 132 valence electrons. The zero-order valence-corrected chi connectivity index (χ0v) is 14.8. The summed E-state index contributed by atoms with van der Waals surface area (Å²) in [5.41, 5.74) is 1.12. The van der Waals surface area contributed by atoms with Crippen molar-refractivity contribution < 1.29 is 4.79 Å². The molecule has 5 heteroatoms. The topological polar surface area (TPSA) is 48.5 Å². The molecule has 5 nitrogen and oxygen atoms in total. The SMILES string of the molecule is CCCN(CC1CC1)C(=O)NC1CCN(Cc2ccccn2)CC1. The minimum atomic E-state index is 0.145. The third kappa shape index (κ3) is 5.20. The summed E-state index contributed by atoms with van der Waals surface area (Å²) >= 11 is 0. The molecule has 0 radical (unpaired) electrons. The van der Waals surface area contributed by atoms with Gasteiger partial charge in [-0.25, -0.2) is 4.79 Å². The van der Waals surface area contributed by atoms with E-state index in [4.69, 9.17) is 0 Å². The number of hydrogen-bond donors (Lipinski definition) is 1. The molecule has 1 aromatic rings. The highest BCUT2D eigenvalue weighted by atomic mass is 16.2. The van der Waals surface area contributed by atoms with Gasteiger partial charge in [0, 0.05) is 45.0 Å². The van der Waals surface area contributed by atoms with Gasteiger partial charge in [0.15, 0.2) is 0 Å². The largest absolute Gasteiger partial charge is 0.335 e. The molecule has 2 fully saturated rings. The number of rotatable bonds is 7. The number of pyridine rings is 1. The first kappa shape index (κ1) is 17.2. The van der Waals surface area contributed by atoms with Gasteiger partial charge in [-0.1, -0.05) is 13.0 Å². The highest BCUT2D eigenvalue weighted by Crippen LogP contribution is 2.29. The van der Waals surface area contributed by atoms with Crippen LogP contribution in [-0.4, -0.2) is 53.0 Å². The number of nitrogens with one attached hydrogen (secondary N) is 1. The maximum Gasteiger partial charge on any atom is 0.317 e. The van der Waals surface area contributed by atoms with Crippen LogP contribution in [0, 0.1) is 5.92 Å². The number of aromatic nitrogens is 1. The predicted octanol–water partition coefficient (Wildman–Crippen LogP) is 2.88. The molecule has 2 amide bonds. The zero-order valence-electron chi connectivity index (χ0n) is 14.8. The Bertz CT molecular complexity index is 509. The smallest absolute Gasteiger partial charge is 0.317 e. The van der Waals surface area contributed by atoms with Gasteiger partial charge < -0.3 is 10.2 Å². The highest BCUT2D eigenvalue weighted by Gasteiger charge is 2.28. The molecule has 24 heavy (non-hydrogen) atoms. The fraction of sp³-hybridized carbons (Fsp3) is 0.684. The van der Waals surface area contributed by atoms with Gasteiger partial charge in [0.1, 0.15) is 0 Å². The Labute approximate surface area is 145 Å². The van der Waals surface area contributed by atoms with Gasteiger partial charge in [-0.05, 0) is 50.2 Å². The van der Waals surface area contributed by atoms with Gasteiger partial charge >= 0.3 is 6.03 Å². The first-order valence-electron chi connectivity index (χ1n) is 9.42. The van der Waals surface area contributed by atoms with Gasteiger partial charge in [0.05, 0.1) is 5.69 Å². The molecule has 1 saturated carbocycles. The summed E-state index contributed by atoms with van der Waals surface area (Å²) in [7, 11) is 0. The quantitative estimate of drug-likeness (QED) is 0.836. The van der Waals surface area contributed by atoms with Gasteiger partial charge in [-0.15, -0.1) is 0 Å². The summed E-state index contributed by atoms with van der Waals surface area (Å²) in [5.74, 6) is 0.752. The third-order valence-corrected chi connectivity index (χ3v) is 4.98. The Balaban J connectivity index is 1.41. The molecule has 1 saturated heterocycles. The van der Waals surface area contributed by atoms with E-state index in [1.54, 1.807) is 0 Å². The molecule has 0 atom stereocenters. The maximum atomic E-state index is 12.5. The van der Waals surface area contributed by atoms with E-state index >= 15 is 0 Å². The normalized spacial score (nSPS) is 19.2. The molecule has 0 spiro atoms. The van der Waals surface area contributed by atoms with E-state index in [9.17, 15) is 4.79 Å². The molecule has 2 aliphatic rings. The Kier molecular flexibility index (Phi) is 6.07. The fourth-order valence-electron chi connectivity index (χ4n) is 3.38. The number of urea groups is 1. The van der Waals surface area contributed by atoms with E-state index in [0.29, 0.717) is 6.04 Å². The summed E-state index contributed by atoms with van der Waals surface area (Å²) in [4.78, 5) is 21.4. The molecule has 1 aromatic heterocycles. The van der Waals surface area contributed by atoms with Crippen molar-refractivity contribution in [2.75, 3.05) is 26.2 Å². The summed E-state index contributed by atoms with van der Waals surface area (Å²) in [6.45, 7) is 6.92. The number of nitrogens with zero attached hydrogens (tertiary/aromatic N) is 3. The van der Waals surface area contributed by atoms with Crippen LogP contribution in [0.3, 0.4) is 0 Å². The van der Waals surface area contributed by atoms with Gasteiger partial charge in [-0.2, -0.15) is 0 Å². The van der Waals surface area contributed by atoms with E-state index in [1.165, 1.54) is 12.8 Å². The fourth-order valence-corrected chi connectivity index (χ4v) is 3.38. The Morgan fingerprint density at radius 1 is 1.29 bits per heavy atom. The lowest BCUT2D eigenvalue weighted by Gasteiger charge is -2.33. The van der Waals surface area contributed by atoms with Crippen LogP contribution in [-0.2, 0) is 6.54 Å². The van der Waals surface area contributed by atoms with E-state index in [-0.39, 0.29) is 6.03 Å². The molecular formula is C19H30N4O. The maximum absolute atomic E-state index is 12.5. The lowest BCUT2D eigenvalue weighted by atomic mass is 10.0. The standard InChI is InChI=1S/C19H30N4O/c1-2-11-23(14-16-6-7-16)19(24)21-17-8-12-22(13-9-17)15-18-5-3-4-10-20-18/h3-5,10,16-17H,2,6-9,11-15H2,1H3,(H,21,24). The van der Waals surface area contributed by atoms with Crippen molar-refractivity contribution in [3.8, 4) is 0 Å². The van der Waals surface area contributed by atoms with Crippen LogP contribution >= 0.6 is 0 Å². The predicted molar refractivity (Wildman–Crippen MR) is 95.7 cm³/mol. The van der Waals surface area contributed by atoms with E-state index in [0.717, 1.165) is 63.6 Å². The minimum absolute atomic E-state index is 0.145. The second-order valence-electron chi connectivity index (χ2n) is 7.21. The van der Waals surface area contributed by atoms with Crippen molar-refractivity contribution in [1.82, 2.24) is 20.1 Å². The first-order valence-corrected chi connectivity index (χ1v) is 9.42. The van der Waals surface area contributed by atoms with Crippen LogP contribution < -0.4 is 5.32 Å². The monoisotopic (exact) mass is 330 g/mol. The van der Waals surface area contributed by atoms with Crippen molar-refractivity contribution >= 4 is 6.03 Å². The van der Waals surface area contributed by atoms with Crippen LogP contribution in [0.2, 0.25) is 0 Å². The lowest BCUT2D eigenvalue weighted by Crippen LogP contribution is -2.49. The highest BCUT2D eigenvalue weighted by molar-refractivity contribution is 5.74. The lowest BCUT2D eigenvalue weighted by molar-refractivity contribution is 0.166. The Morgan fingerprint density at radius 3 is 2.71 bits per heavy atom. The molecule has 0 bridgehead atoms. The number of carbonyl (C=O) groups is 1.